The fraction of sp³-hybridized carbons (Fsp3) is 0.235. The molecule has 0 aromatic heterocycles. The highest BCUT2D eigenvalue weighted by atomic mass is 35.5. The second kappa shape index (κ2) is 6.71. The highest BCUT2D eigenvalue weighted by Gasteiger charge is 2.19. The van der Waals surface area contributed by atoms with Crippen molar-refractivity contribution in [1.82, 2.24) is 0 Å². The molecule has 0 amide bonds. The van der Waals surface area contributed by atoms with E-state index >= 15 is 0 Å². The van der Waals surface area contributed by atoms with Crippen LogP contribution in [0.5, 0.6) is 0 Å². The minimum atomic E-state index is -0.598. The van der Waals surface area contributed by atoms with Crippen LogP contribution in [0.1, 0.15) is 31.1 Å². The highest BCUT2D eigenvalue weighted by Crippen LogP contribution is 2.19. The highest BCUT2D eigenvalue weighted by molar-refractivity contribution is 6.30. The van der Waals surface area contributed by atoms with Crippen molar-refractivity contribution in [3.8, 4) is 0 Å². The number of allylic oxidation sites excluding steroid dienone is 4. The van der Waals surface area contributed by atoms with Gasteiger partial charge in [-0.15, -0.1) is 0 Å². The van der Waals surface area contributed by atoms with E-state index in [1.165, 1.54) is 12.1 Å². The van der Waals surface area contributed by atoms with Gasteiger partial charge in [0.2, 0.25) is 0 Å². The molecule has 0 spiro atoms. The summed E-state index contributed by atoms with van der Waals surface area (Å²) in [6.45, 7) is 5.60. The average molecular weight is 318 g/mol. The second-order valence-corrected chi connectivity index (χ2v) is 5.75. The van der Waals surface area contributed by atoms with Crippen LogP contribution in [-0.4, -0.2) is 17.5 Å². The number of carbonyl (C=O) groups excluding carboxylic acids is 2. The Labute approximate surface area is 134 Å². The van der Waals surface area contributed by atoms with Gasteiger partial charge in [0, 0.05) is 10.6 Å². The van der Waals surface area contributed by atoms with Gasteiger partial charge < -0.3 is 4.84 Å². The maximum Gasteiger partial charge on any atom is 0.365 e. The van der Waals surface area contributed by atoms with E-state index in [2.05, 4.69) is 5.16 Å². The zero-order valence-electron chi connectivity index (χ0n) is 12.6. The van der Waals surface area contributed by atoms with E-state index in [1.54, 1.807) is 31.2 Å². The van der Waals surface area contributed by atoms with Crippen LogP contribution in [0, 0.1) is 5.92 Å². The minimum absolute atomic E-state index is 0.0346. The summed E-state index contributed by atoms with van der Waals surface area (Å²) in [4.78, 5) is 28.7. The first-order chi connectivity index (χ1) is 10.4. The molecule has 1 aliphatic rings. The summed E-state index contributed by atoms with van der Waals surface area (Å²) in [7, 11) is 0. The topological polar surface area (TPSA) is 55.7 Å². The third kappa shape index (κ3) is 3.71. The molecule has 4 nitrogen and oxygen atoms in total. The summed E-state index contributed by atoms with van der Waals surface area (Å²) in [5.74, 6) is -0.558. The van der Waals surface area contributed by atoms with E-state index in [4.69, 9.17) is 16.4 Å². The average Bonchev–Trinajstić information content (AvgIpc) is 2.45. The molecule has 2 rings (SSSR count). The molecule has 0 saturated carbocycles. The van der Waals surface area contributed by atoms with Crippen LogP contribution >= 0.6 is 11.6 Å². The van der Waals surface area contributed by atoms with E-state index < -0.39 is 5.97 Å². The van der Waals surface area contributed by atoms with Crippen molar-refractivity contribution < 1.29 is 14.4 Å². The molecule has 0 N–H and O–H groups in total. The molecular formula is C17H16ClNO3. The third-order valence-electron chi connectivity index (χ3n) is 3.24. The largest absolute Gasteiger partial charge is 0.365 e. The van der Waals surface area contributed by atoms with Crippen molar-refractivity contribution in [3.63, 3.8) is 0 Å². The number of oxime groups is 1. The Balaban J connectivity index is 2.20. The Morgan fingerprint density at radius 2 is 2.00 bits per heavy atom. The predicted octanol–water partition coefficient (Wildman–Crippen LogP) is 3.96. The van der Waals surface area contributed by atoms with Gasteiger partial charge in [-0.1, -0.05) is 36.7 Å². The number of hydrogen-bond donors (Lipinski definition) is 0. The molecule has 0 saturated heterocycles. The number of hydrogen-bond acceptors (Lipinski definition) is 4. The van der Waals surface area contributed by atoms with Gasteiger partial charge in [0.05, 0.1) is 5.56 Å². The maximum atomic E-state index is 11.9. The molecule has 0 radical (unpaired) electrons. The molecule has 5 heteroatoms. The van der Waals surface area contributed by atoms with Crippen LogP contribution in [-0.2, 0) is 9.63 Å². The smallest absolute Gasteiger partial charge is 0.312 e. The van der Waals surface area contributed by atoms with E-state index in [0.29, 0.717) is 27.4 Å². The summed E-state index contributed by atoms with van der Waals surface area (Å²) >= 11 is 5.83. The first-order valence-electron chi connectivity index (χ1n) is 6.88. The monoisotopic (exact) mass is 317 g/mol. The Hall–Kier alpha value is -2.20. The lowest BCUT2D eigenvalue weighted by molar-refractivity contribution is -0.111. The van der Waals surface area contributed by atoms with Gasteiger partial charge in [0.25, 0.3) is 0 Å². The third-order valence-corrected chi connectivity index (χ3v) is 3.47. The fourth-order valence-electron chi connectivity index (χ4n) is 1.99. The zero-order chi connectivity index (χ0) is 16.3. The van der Waals surface area contributed by atoms with Gasteiger partial charge in [0.15, 0.2) is 5.78 Å². The number of carbonyl (C=O) groups is 2. The van der Waals surface area contributed by atoms with Crippen LogP contribution in [0.4, 0.5) is 0 Å². The normalized spacial score (nSPS) is 16.6. The standard InChI is InChI=1S/C17H16ClNO3/c1-10(2)14-9-15(11(3)7-16(14)20)19-22-17(21)12-5-4-6-13(18)8-12/h4-10H,1-3H3/b19-15-. The molecular weight excluding hydrogens is 302 g/mol. The molecule has 1 aromatic carbocycles. The van der Waals surface area contributed by atoms with Gasteiger partial charge in [-0.2, -0.15) is 0 Å². The molecule has 0 heterocycles. The van der Waals surface area contributed by atoms with Gasteiger partial charge in [-0.25, -0.2) is 4.79 Å². The fourth-order valence-corrected chi connectivity index (χ4v) is 2.18. The SMILES string of the molecule is CC1=CC(=O)C(C(C)C)=C/C1=N/OC(=O)c1cccc(Cl)c1. The van der Waals surface area contributed by atoms with Gasteiger partial charge >= 0.3 is 5.97 Å². The Morgan fingerprint density at radius 1 is 1.27 bits per heavy atom. The summed E-state index contributed by atoms with van der Waals surface area (Å²) in [6.07, 6.45) is 3.16. The number of benzene rings is 1. The summed E-state index contributed by atoms with van der Waals surface area (Å²) < 4.78 is 0. The van der Waals surface area contributed by atoms with Crippen molar-refractivity contribution in [2.24, 2.45) is 11.1 Å². The summed E-state index contributed by atoms with van der Waals surface area (Å²) in [6, 6.07) is 6.43. The van der Waals surface area contributed by atoms with E-state index in [9.17, 15) is 9.59 Å². The number of nitrogens with zero attached hydrogens (tertiary/aromatic N) is 1. The minimum Gasteiger partial charge on any atom is -0.312 e. The first-order valence-corrected chi connectivity index (χ1v) is 7.25. The van der Waals surface area contributed by atoms with Gasteiger partial charge in [-0.3, -0.25) is 4.79 Å². The zero-order valence-corrected chi connectivity index (χ0v) is 13.3. The summed E-state index contributed by atoms with van der Waals surface area (Å²) in [5, 5.41) is 4.31. The number of rotatable bonds is 3. The van der Waals surface area contributed by atoms with Crippen molar-refractivity contribution >= 4 is 29.1 Å². The lowest BCUT2D eigenvalue weighted by Crippen LogP contribution is -2.16. The Bertz CT molecular complexity index is 714. The first kappa shape index (κ1) is 16.2. The summed E-state index contributed by atoms with van der Waals surface area (Å²) in [5.41, 5.74) is 2.09. The van der Waals surface area contributed by atoms with Crippen LogP contribution in [0.25, 0.3) is 0 Å². The van der Waals surface area contributed by atoms with Crippen molar-refractivity contribution in [3.05, 3.63) is 58.1 Å². The van der Waals surface area contributed by atoms with Gasteiger partial charge in [-0.05, 0) is 48.8 Å². The molecule has 22 heavy (non-hydrogen) atoms. The van der Waals surface area contributed by atoms with Crippen LogP contribution in [0.3, 0.4) is 0 Å². The Morgan fingerprint density at radius 3 is 2.64 bits per heavy atom. The van der Waals surface area contributed by atoms with Crippen molar-refractivity contribution in [1.29, 1.82) is 0 Å². The number of halogens is 1. The van der Waals surface area contributed by atoms with E-state index in [1.807, 2.05) is 13.8 Å². The lowest BCUT2D eigenvalue weighted by atomic mass is 9.90. The molecule has 0 bridgehead atoms. The molecule has 1 aliphatic carbocycles. The molecule has 0 atom stereocenters. The molecule has 0 unspecified atom stereocenters. The quantitative estimate of drug-likeness (QED) is 0.481. The van der Waals surface area contributed by atoms with Crippen molar-refractivity contribution in [2.75, 3.05) is 0 Å². The number of ketones is 1. The van der Waals surface area contributed by atoms with Crippen LogP contribution in [0.2, 0.25) is 5.02 Å². The van der Waals surface area contributed by atoms with Crippen LogP contribution in [0.15, 0.2) is 52.7 Å². The van der Waals surface area contributed by atoms with E-state index in [-0.39, 0.29) is 11.7 Å². The van der Waals surface area contributed by atoms with Gasteiger partial charge in [0.1, 0.15) is 5.71 Å². The predicted molar refractivity (Wildman–Crippen MR) is 86.0 cm³/mol. The maximum absolute atomic E-state index is 11.9. The van der Waals surface area contributed by atoms with Crippen molar-refractivity contribution in [2.45, 2.75) is 20.8 Å². The van der Waals surface area contributed by atoms with Crippen LogP contribution < -0.4 is 0 Å². The Kier molecular flexibility index (Phi) is 4.93. The molecule has 0 fully saturated rings. The molecule has 0 aliphatic heterocycles. The molecule has 1 aromatic rings. The lowest BCUT2D eigenvalue weighted by Gasteiger charge is -2.14. The molecule has 114 valence electrons. The van der Waals surface area contributed by atoms with E-state index in [0.717, 1.165) is 0 Å². The second-order valence-electron chi connectivity index (χ2n) is 5.31.